The molecule has 4 bridgehead atoms. The van der Waals surface area contributed by atoms with Crippen molar-refractivity contribution in [2.24, 2.45) is 17.8 Å². The van der Waals surface area contributed by atoms with Crippen LogP contribution in [-0.4, -0.2) is 22.4 Å². The third kappa shape index (κ3) is 2.63. The number of nitrogens with one attached hydrogen (secondary N) is 1. The maximum Gasteiger partial charge on any atom is 0.230 e. The van der Waals surface area contributed by atoms with Crippen molar-refractivity contribution in [2.45, 2.75) is 75.0 Å². The average molecular weight is 293 g/mol. The highest BCUT2D eigenvalue weighted by Gasteiger charge is 2.51. The summed E-state index contributed by atoms with van der Waals surface area (Å²) in [5.41, 5.74) is 0.210. The van der Waals surface area contributed by atoms with Gasteiger partial charge in [0, 0.05) is 10.8 Å². The Bertz CT molecular complexity index is 353. The van der Waals surface area contributed by atoms with Crippen LogP contribution in [0.15, 0.2) is 0 Å². The Morgan fingerprint density at radius 2 is 1.55 bits per heavy atom. The lowest BCUT2D eigenvalue weighted by molar-refractivity contribution is -0.124. The summed E-state index contributed by atoms with van der Waals surface area (Å²) in [5, 5.41) is 4.25. The van der Waals surface area contributed by atoms with Crippen LogP contribution < -0.4 is 5.32 Å². The van der Waals surface area contributed by atoms with Gasteiger partial charge < -0.3 is 5.32 Å². The molecule has 20 heavy (non-hydrogen) atoms. The van der Waals surface area contributed by atoms with E-state index in [-0.39, 0.29) is 5.54 Å². The van der Waals surface area contributed by atoms with Crippen LogP contribution in [0.25, 0.3) is 0 Å². The zero-order valence-electron chi connectivity index (χ0n) is 12.4. The number of hydrogen-bond acceptors (Lipinski definition) is 2. The summed E-state index contributed by atoms with van der Waals surface area (Å²) in [5.74, 6) is 3.79. The van der Waals surface area contributed by atoms with Crippen LogP contribution in [0.2, 0.25) is 0 Å². The number of carbonyl (C=O) groups is 1. The first-order valence-electron chi connectivity index (χ1n) is 8.63. The quantitative estimate of drug-likeness (QED) is 0.855. The Morgan fingerprint density at radius 3 is 2.10 bits per heavy atom. The molecule has 5 fully saturated rings. The van der Waals surface area contributed by atoms with Gasteiger partial charge in [0.15, 0.2) is 0 Å². The first kappa shape index (κ1) is 13.5. The van der Waals surface area contributed by atoms with Crippen molar-refractivity contribution < 1.29 is 4.79 Å². The molecule has 5 saturated carbocycles. The first-order valence-corrected chi connectivity index (χ1v) is 9.68. The second-order valence-corrected chi connectivity index (χ2v) is 9.25. The van der Waals surface area contributed by atoms with E-state index in [1.165, 1.54) is 64.2 Å². The SMILES string of the molecule is O=C(CSC1CCCC1)NC12CC3CC(CC(C3)C1)C2. The summed E-state index contributed by atoms with van der Waals surface area (Å²) in [6, 6.07) is 0. The van der Waals surface area contributed by atoms with Crippen LogP contribution in [0.1, 0.15) is 64.2 Å². The van der Waals surface area contributed by atoms with Gasteiger partial charge in [0.25, 0.3) is 0 Å². The molecule has 0 radical (unpaired) electrons. The Kier molecular flexibility index (Phi) is 3.52. The molecule has 2 nitrogen and oxygen atoms in total. The van der Waals surface area contributed by atoms with E-state index in [0.717, 1.165) is 23.0 Å². The Labute approximate surface area is 126 Å². The zero-order chi connectivity index (χ0) is 13.6. The fraction of sp³-hybridized carbons (Fsp3) is 0.941. The van der Waals surface area contributed by atoms with Crippen LogP contribution in [0.5, 0.6) is 0 Å². The van der Waals surface area contributed by atoms with Crippen molar-refractivity contribution in [3.8, 4) is 0 Å². The summed E-state index contributed by atoms with van der Waals surface area (Å²) in [4.78, 5) is 12.4. The Morgan fingerprint density at radius 1 is 1.00 bits per heavy atom. The molecule has 1 N–H and O–H groups in total. The smallest absolute Gasteiger partial charge is 0.230 e. The molecular formula is C17H27NOS. The molecule has 0 saturated heterocycles. The van der Waals surface area contributed by atoms with E-state index < -0.39 is 0 Å². The molecule has 0 aromatic rings. The highest BCUT2D eigenvalue weighted by Crippen LogP contribution is 2.55. The predicted molar refractivity (Wildman–Crippen MR) is 83.8 cm³/mol. The van der Waals surface area contributed by atoms with Crippen molar-refractivity contribution in [1.29, 1.82) is 0 Å². The van der Waals surface area contributed by atoms with Gasteiger partial charge in [-0.1, -0.05) is 12.8 Å². The van der Waals surface area contributed by atoms with E-state index in [2.05, 4.69) is 5.32 Å². The molecule has 0 spiro atoms. The first-order chi connectivity index (χ1) is 9.71. The highest BCUT2D eigenvalue weighted by molar-refractivity contribution is 8.00. The molecule has 3 heteroatoms. The molecule has 5 aliphatic rings. The number of amides is 1. The molecular weight excluding hydrogens is 266 g/mol. The number of thioether (sulfide) groups is 1. The van der Waals surface area contributed by atoms with Crippen molar-refractivity contribution in [3.63, 3.8) is 0 Å². The topological polar surface area (TPSA) is 29.1 Å². The minimum Gasteiger partial charge on any atom is -0.350 e. The molecule has 112 valence electrons. The van der Waals surface area contributed by atoms with Crippen LogP contribution in [0.3, 0.4) is 0 Å². The van der Waals surface area contributed by atoms with Gasteiger partial charge in [-0.2, -0.15) is 0 Å². The molecule has 5 aliphatic carbocycles. The molecule has 0 aromatic carbocycles. The van der Waals surface area contributed by atoms with Crippen molar-refractivity contribution >= 4 is 17.7 Å². The Hall–Kier alpha value is -0.180. The molecule has 0 unspecified atom stereocenters. The molecule has 1 amide bonds. The third-order valence-corrected chi connectivity index (χ3v) is 7.57. The van der Waals surface area contributed by atoms with E-state index in [0.29, 0.717) is 11.7 Å². The van der Waals surface area contributed by atoms with E-state index in [1.807, 2.05) is 11.8 Å². The minimum atomic E-state index is 0.210. The second-order valence-electron chi connectivity index (χ2n) is 7.96. The van der Waals surface area contributed by atoms with Gasteiger partial charge in [-0.05, 0) is 69.1 Å². The van der Waals surface area contributed by atoms with Gasteiger partial charge in [0.05, 0.1) is 5.75 Å². The summed E-state index contributed by atoms with van der Waals surface area (Å²) >= 11 is 1.91. The van der Waals surface area contributed by atoms with Crippen LogP contribution in [-0.2, 0) is 4.79 Å². The fourth-order valence-electron chi connectivity index (χ4n) is 5.84. The molecule has 0 aromatic heterocycles. The van der Waals surface area contributed by atoms with Crippen molar-refractivity contribution in [3.05, 3.63) is 0 Å². The second kappa shape index (κ2) is 5.23. The van der Waals surface area contributed by atoms with Crippen molar-refractivity contribution in [1.82, 2.24) is 5.32 Å². The van der Waals surface area contributed by atoms with Gasteiger partial charge >= 0.3 is 0 Å². The lowest BCUT2D eigenvalue weighted by atomic mass is 9.53. The number of hydrogen-bond donors (Lipinski definition) is 1. The van der Waals surface area contributed by atoms with Gasteiger partial charge in [0.1, 0.15) is 0 Å². The lowest BCUT2D eigenvalue weighted by Gasteiger charge is -2.56. The fourth-order valence-corrected chi connectivity index (χ4v) is 6.97. The third-order valence-electron chi connectivity index (χ3n) is 6.20. The molecule has 5 rings (SSSR count). The van der Waals surface area contributed by atoms with Crippen LogP contribution in [0, 0.1) is 17.8 Å². The van der Waals surface area contributed by atoms with Crippen LogP contribution in [0.4, 0.5) is 0 Å². The van der Waals surface area contributed by atoms with E-state index >= 15 is 0 Å². The minimum absolute atomic E-state index is 0.210. The summed E-state index contributed by atoms with van der Waals surface area (Å²) in [7, 11) is 0. The number of carbonyl (C=O) groups excluding carboxylic acids is 1. The van der Waals surface area contributed by atoms with Gasteiger partial charge in [0.2, 0.25) is 5.91 Å². The lowest BCUT2D eigenvalue weighted by Crippen LogP contribution is -2.60. The molecule has 0 heterocycles. The number of rotatable bonds is 4. The van der Waals surface area contributed by atoms with Gasteiger partial charge in [-0.3, -0.25) is 4.79 Å². The summed E-state index contributed by atoms with van der Waals surface area (Å²) in [6.45, 7) is 0. The maximum absolute atomic E-state index is 12.4. The molecule has 0 atom stereocenters. The van der Waals surface area contributed by atoms with Crippen LogP contribution >= 0.6 is 11.8 Å². The van der Waals surface area contributed by atoms with Crippen molar-refractivity contribution in [2.75, 3.05) is 5.75 Å². The maximum atomic E-state index is 12.4. The van der Waals surface area contributed by atoms with E-state index in [4.69, 9.17) is 0 Å². The van der Waals surface area contributed by atoms with E-state index in [9.17, 15) is 4.79 Å². The Balaban J connectivity index is 1.32. The largest absolute Gasteiger partial charge is 0.350 e. The summed E-state index contributed by atoms with van der Waals surface area (Å²) in [6.07, 6.45) is 13.6. The molecule has 0 aliphatic heterocycles. The predicted octanol–water partition coefficient (Wildman–Crippen LogP) is 3.75. The monoisotopic (exact) mass is 293 g/mol. The summed E-state index contributed by atoms with van der Waals surface area (Å²) < 4.78 is 0. The standard InChI is InChI=1S/C17H27NOS/c19-16(11-20-15-3-1-2-4-15)18-17-8-12-5-13(9-17)7-14(6-12)10-17/h12-15H,1-11H2,(H,18,19). The average Bonchev–Trinajstić information content (AvgIpc) is 2.87. The highest BCUT2D eigenvalue weighted by atomic mass is 32.2. The van der Waals surface area contributed by atoms with E-state index in [1.54, 1.807) is 0 Å². The normalized spacial score (nSPS) is 43.1. The zero-order valence-corrected chi connectivity index (χ0v) is 13.2. The van der Waals surface area contributed by atoms with Gasteiger partial charge in [-0.25, -0.2) is 0 Å². The van der Waals surface area contributed by atoms with Gasteiger partial charge in [-0.15, -0.1) is 11.8 Å².